The fourth-order valence-corrected chi connectivity index (χ4v) is 3.66. The van der Waals surface area contributed by atoms with E-state index < -0.39 is 10.0 Å². The van der Waals surface area contributed by atoms with Crippen molar-refractivity contribution in [3.63, 3.8) is 0 Å². The third-order valence-electron chi connectivity index (χ3n) is 2.97. The topological polar surface area (TPSA) is 58.2 Å². The van der Waals surface area contributed by atoms with Gasteiger partial charge in [-0.05, 0) is 49.1 Å². The standard InChI is InChI=1S/C14H23ClN2O2S2/c1-3-16-11-12-6-7-13(10-14(12)15)21(18,19)17-8-4-5-9-20-2/h6-7,10,16-17H,3-5,8-9,11H2,1-2H3. The van der Waals surface area contributed by atoms with Gasteiger partial charge < -0.3 is 5.32 Å². The molecule has 0 atom stereocenters. The molecule has 21 heavy (non-hydrogen) atoms. The predicted molar refractivity (Wildman–Crippen MR) is 91.6 cm³/mol. The second-order valence-electron chi connectivity index (χ2n) is 4.63. The Bertz CT molecular complexity index is 536. The van der Waals surface area contributed by atoms with Gasteiger partial charge in [0.2, 0.25) is 10.0 Å². The Kier molecular flexibility index (Phi) is 8.66. The van der Waals surface area contributed by atoms with Gasteiger partial charge in [-0.3, -0.25) is 0 Å². The van der Waals surface area contributed by atoms with E-state index in [4.69, 9.17) is 11.6 Å². The van der Waals surface area contributed by atoms with Crippen LogP contribution < -0.4 is 10.0 Å². The van der Waals surface area contributed by atoms with E-state index in [0.29, 0.717) is 18.1 Å². The van der Waals surface area contributed by atoms with Crippen molar-refractivity contribution in [3.05, 3.63) is 28.8 Å². The molecular weight excluding hydrogens is 328 g/mol. The summed E-state index contributed by atoms with van der Waals surface area (Å²) in [6.07, 6.45) is 3.89. The van der Waals surface area contributed by atoms with E-state index in [-0.39, 0.29) is 4.90 Å². The van der Waals surface area contributed by atoms with Crippen LogP contribution in [0.1, 0.15) is 25.3 Å². The quantitative estimate of drug-likeness (QED) is 0.637. The second kappa shape index (κ2) is 9.69. The Balaban J connectivity index is 2.64. The van der Waals surface area contributed by atoms with Crippen LogP contribution in [0.15, 0.2) is 23.1 Å². The number of benzene rings is 1. The Morgan fingerprint density at radius 3 is 2.67 bits per heavy atom. The molecule has 0 spiro atoms. The van der Waals surface area contributed by atoms with Crippen LogP contribution in [0.25, 0.3) is 0 Å². The summed E-state index contributed by atoms with van der Waals surface area (Å²) < 4.78 is 26.9. The highest BCUT2D eigenvalue weighted by atomic mass is 35.5. The summed E-state index contributed by atoms with van der Waals surface area (Å²) in [6, 6.07) is 4.87. The van der Waals surface area contributed by atoms with Gasteiger partial charge in [0, 0.05) is 18.1 Å². The fourth-order valence-electron chi connectivity index (χ4n) is 1.76. The lowest BCUT2D eigenvalue weighted by molar-refractivity contribution is 0.578. The first-order valence-corrected chi connectivity index (χ1v) is 10.2. The molecule has 0 bridgehead atoms. The van der Waals surface area contributed by atoms with E-state index >= 15 is 0 Å². The Labute approximate surface area is 137 Å². The molecule has 0 fully saturated rings. The highest BCUT2D eigenvalue weighted by Crippen LogP contribution is 2.20. The van der Waals surface area contributed by atoms with Gasteiger partial charge >= 0.3 is 0 Å². The monoisotopic (exact) mass is 350 g/mol. The van der Waals surface area contributed by atoms with Gasteiger partial charge in [-0.25, -0.2) is 13.1 Å². The van der Waals surface area contributed by atoms with Crippen molar-refractivity contribution in [1.29, 1.82) is 0 Å². The van der Waals surface area contributed by atoms with Crippen LogP contribution in [0.5, 0.6) is 0 Å². The van der Waals surface area contributed by atoms with Crippen molar-refractivity contribution in [2.24, 2.45) is 0 Å². The van der Waals surface area contributed by atoms with Crippen LogP contribution in [-0.2, 0) is 16.6 Å². The van der Waals surface area contributed by atoms with E-state index in [9.17, 15) is 8.42 Å². The number of sulfonamides is 1. The van der Waals surface area contributed by atoms with Crippen LogP contribution in [0.4, 0.5) is 0 Å². The van der Waals surface area contributed by atoms with Crippen molar-refractivity contribution >= 4 is 33.4 Å². The maximum atomic E-state index is 12.2. The van der Waals surface area contributed by atoms with Crippen LogP contribution in [0.3, 0.4) is 0 Å². The summed E-state index contributed by atoms with van der Waals surface area (Å²) in [7, 11) is -3.47. The van der Waals surface area contributed by atoms with Crippen LogP contribution in [0.2, 0.25) is 5.02 Å². The molecule has 0 unspecified atom stereocenters. The number of thioether (sulfide) groups is 1. The third kappa shape index (κ3) is 6.57. The minimum atomic E-state index is -3.47. The van der Waals surface area contributed by atoms with Crippen molar-refractivity contribution in [3.8, 4) is 0 Å². The van der Waals surface area contributed by atoms with E-state index in [1.807, 2.05) is 13.2 Å². The maximum absolute atomic E-state index is 12.2. The average molecular weight is 351 g/mol. The highest BCUT2D eigenvalue weighted by Gasteiger charge is 2.14. The molecule has 7 heteroatoms. The molecule has 1 aromatic rings. The van der Waals surface area contributed by atoms with Crippen molar-refractivity contribution in [2.75, 3.05) is 25.1 Å². The molecule has 0 heterocycles. The summed E-state index contributed by atoms with van der Waals surface area (Å²) in [5.41, 5.74) is 0.900. The smallest absolute Gasteiger partial charge is 0.240 e. The zero-order valence-corrected chi connectivity index (χ0v) is 14.9. The number of nitrogens with one attached hydrogen (secondary N) is 2. The first-order valence-electron chi connectivity index (χ1n) is 6.99. The number of halogens is 1. The first kappa shape index (κ1) is 18.8. The zero-order valence-electron chi connectivity index (χ0n) is 12.5. The SMILES string of the molecule is CCNCc1ccc(S(=O)(=O)NCCCCSC)cc1Cl. The predicted octanol–water partition coefficient (Wildman–Crippen LogP) is 2.87. The van der Waals surface area contributed by atoms with Crippen LogP contribution in [0, 0.1) is 0 Å². The number of hydrogen-bond acceptors (Lipinski definition) is 4. The zero-order chi connectivity index (χ0) is 15.7. The maximum Gasteiger partial charge on any atom is 0.240 e. The summed E-state index contributed by atoms with van der Waals surface area (Å²) in [4.78, 5) is 0.220. The van der Waals surface area contributed by atoms with E-state index in [1.54, 1.807) is 23.9 Å². The van der Waals surface area contributed by atoms with Crippen LogP contribution >= 0.6 is 23.4 Å². The van der Waals surface area contributed by atoms with Crippen molar-refractivity contribution in [1.82, 2.24) is 10.0 Å². The van der Waals surface area contributed by atoms with Gasteiger partial charge in [-0.2, -0.15) is 11.8 Å². The Hall–Kier alpha value is -0.270. The summed E-state index contributed by atoms with van der Waals surface area (Å²) in [5, 5.41) is 3.64. The molecule has 0 saturated carbocycles. The molecule has 0 radical (unpaired) electrons. The molecule has 0 aliphatic heterocycles. The Morgan fingerprint density at radius 1 is 1.29 bits per heavy atom. The van der Waals surface area contributed by atoms with Crippen molar-refractivity contribution in [2.45, 2.75) is 31.2 Å². The van der Waals surface area contributed by atoms with E-state index in [2.05, 4.69) is 10.0 Å². The van der Waals surface area contributed by atoms with Gasteiger partial charge in [-0.1, -0.05) is 24.6 Å². The summed E-state index contributed by atoms with van der Waals surface area (Å²) >= 11 is 7.90. The summed E-state index contributed by atoms with van der Waals surface area (Å²) in [6.45, 7) is 3.94. The molecule has 0 aromatic heterocycles. The third-order valence-corrected chi connectivity index (χ3v) is 5.48. The number of unbranched alkanes of at least 4 members (excludes halogenated alkanes) is 1. The molecule has 0 amide bonds. The molecule has 0 aliphatic carbocycles. The molecule has 0 aliphatic rings. The molecular formula is C14H23ClN2O2S2. The lowest BCUT2D eigenvalue weighted by Gasteiger charge is -2.09. The van der Waals surface area contributed by atoms with Crippen molar-refractivity contribution < 1.29 is 8.42 Å². The second-order valence-corrected chi connectivity index (χ2v) is 7.79. The lowest BCUT2D eigenvalue weighted by atomic mass is 10.2. The molecule has 2 N–H and O–H groups in total. The van der Waals surface area contributed by atoms with Gasteiger partial charge in [0.05, 0.1) is 4.90 Å². The van der Waals surface area contributed by atoms with E-state index in [1.165, 1.54) is 6.07 Å². The fraction of sp³-hybridized carbons (Fsp3) is 0.571. The lowest BCUT2D eigenvalue weighted by Crippen LogP contribution is -2.25. The van der Waals surface area contributed by atoms with Gasteiger partial charge in [0.1, 0.15) is 0 Å². The molecule has 4 nitrogen and oxygen atoms in total. The number of hydrogen-bond donors (Lipinski definition) is 2. The molecule has 0 saturated heterocycles. The minimum absolute atomic E-state index is 0.220. The molecule has 120 valence electrons. The highest BCUT2D eigenvalue weighted by molar-refractivity contribution is 7.98. The first-order chi connectivity index (χ1) is 10.0. The van der Waals surface area contributed by atoms with Crippen LogP contribution in [-0.4, -0.2) is 33.5 Å². The van der Waals surface area contributed by atoms with Gasteiger partial charge in [0.25, 0.3) is 0 Å². The van der Waals surface area contributed by atoms with Gasteiger partial charge in [-0.15, -0.1) is 0 Å². The largest absolute Gasteiger partial charge is 0.313 e. The minimum Gasteiger partial charge on any atom is -0.313 e. The molecule has 1 aromatic carbocycles. The Morgan fingerprint density at radius 2 is 2.05 bits per heavy atom. The normalized spacial score (nSPS) is 11.8. The summed E-state index contributed by atoms with van der Waals surface area (Å²) in [5.74, 6) is 1.05. The van der Waals surface area contributed by atoms with Gasteiger partial charge in [0.15, 0.2) is 0 Å². The average Bonchev–Trinajstić information content (AvgIpc) is 2.45. The number of rotatable bonds is 10. The van der Waals surface area contributed by atoms with E-state index in [0.717, 1.165) is 30.7 Å². The molecule has 1 rings (SSSR count).